The van der Waals surface area contributed by atoms with E-state index in [4.69, 9.17) is 9.84 Å². The Morgan fingerprint density at radius 1 is 1.48 bits per heavy atom. The molecule has 0 unspecified atom stereocenters. The number of unbranched alkanes of at least 4 members (excludes halogenated alkanes) is 1. The number of aliphatic carboxylic acids is 1. The Labute approximate surface area is 127 Å². The SMILES string of the molecule is CCCCOCCn1c(SCC(=O)O)nc2cnccc21. The molecule has 0 aromatic carbocycles. The Bertz CT molecular complexity index is 600. The van der Waals surface area contributed by atoms with Crippen molar-refractivity contribution in [3.63, 3.8) is 0 Å². The number of ether oxygens (including phenoxy) is 1. The molecular weight excluding hydrogens is 290 g/mol. The zero-order valence-electron chi connectivity index (χ0n) is 12.0. The molecule has 0 bridgehead atoms. The molecule has 6 nitrogen and oxygen atoms in total. The molecule has 0 aliphatic rings. The summed E-state index contributed by atoms with van der Waals surface area (Å²) in [7, 11) is 0. The first-order valence-electron chi connectivity index (χ1n) is 6.95. The molecule has 0 saturated carbocycles. The lowest BCUT2D eigenvalue weighted by atomic mass is 10.4. The number of carboxylic acid groups (broad SMARTS) is 1. The summed E-state index contributed by atoms with van der Waals surface area (Å²) in [5, 5.41) is 9.51. The van der Waals surface area contributed by atoms with Gasteiger partial charge in [-0.05, 0) is 12.5 Å². The van der Waals surface area contributed by atoms with E-state index < -0.39 is 5.97 Å². The van der Waals surface area contributed by atoms with Crippen molar-refractivity contribution in [1.82, 2.24) is 14.5 Å². The Hall–Kier alpha value is -1.60. The third kappa shape index (κ3) is 4.44. The molecule has 1 N–H and O–H groups in total. The number of fused-ring (bicyclic) bond motifs is 1. The van der Waals surface area contributed by atoms with Gasteiger partial charge in [-0.15, -0.1) is 0 Å². The lowest BCUT2D eigenvalue weighted by Gasteiger charge is -2.08. The second-order valence-corrected chi connectivity index (χ2v) is 5.50. The minimum Gasteiger partial charge on any atom is -0.481 e. The van der Waals surface area contributed by atoms with Gasteiger partial charge in [0.1, 0.15) is 5.52 Å². The van der Waals surface area contributed by atoms with Crippen LogP contribution in [0, 0.1) is 0 Å². The molecule has 0 spiro atoms. The molecule has 0 aliphatic heterocycles. The number of carboxylic acids is 1. The Kier molecular flexibility index (Phi) is 6.01. The maximum atomic E-state index is 10.7. The first kappa shape index (κ1) is 15.8. The second kappa shape index (κ2) is 7.99. The summed E-state index contributed by atoms with van der Waals surface area (Å²) in [6, 6.07) is 1.89. The molecule has 2 aromatic heterocycles. The first-order chi connectivity index (χ1) is 10.2. The van der Waals surface area contributed by atoms with Crippen molar-refractivity contribution in [3.8, 4) is 0 Å². The van der Waals surface area contributed by atoms with E-state index in [9.17, 15) is 4.79 Å². The summed E-state index contributed by atoms with van der Waals surface area (Å²) in [5.74, 6) is -0.857. The standard InChI is InChI=1S/C14H19N3O3S/c1-2-3-7-20-8-6-17-12-4-5-15-9-11(12)16-14(17)21-10-13(18)19/h4-5,9H,2-3,6-8,10H2,1H3,(H,18,19). The monoisotopic (exact) mass is 309 g/mol. The number of nitrogens with zero attached hydrogens (tertiary/aromatic N) is 3. The summed E-state index contributed by atoms with van der Waals surface area (Å²) in [6.45, 7) is 4.13. The van der Waals surface area contributed by atoms with E-state index in [0.717, 1.165) is 30.5 Å². The van der Waals surface area contributed by atoms with Gasteiger partial charge < -0.3 is 14.4 Å². The minimum atomic E-state index is -0.851. The van der Waals surface area contributed by atoms with Crippen LogP contribution in [0.1, 0.15) is 19.8 Å². The van der Waals surface area contributed by atoms with Crippen molar-refractivity contribution in [2.75, 3.05) is 19.0 Å². The van der Waals surface area contributed by atoms with Crippen LogP contribution in [0.15, 0.2) is 23.6 Å². The molecule has 7 heteroatoms. The normalized spacial score (nSPS) is 11.1. The molecule has 0 fully saturated rings. The van der Waals surface area contributed by atoms with Crippen LogP contribution in [-0.4, -0.2) is 44.6 Å². The van der Waals surface area contributed by atoms with Gasteiger partial charge >= 0.3 is 5.97 Å². The van der Waals surface area contributed by atoms with Gasteiger partial charge in [0.05, 0.1) is 24.1 Å². The summed E-state index contributed by atoms with van der Waals surface area (Å²) < 4.78 is 7.58. The summed E-state index contributed by atoms with van der Waals surface area (Å²) in [5.41, 5.74) is 1.73. The quantitative estimate of drug-likeness (QED) is 0.566. The number of thioether (sulfide) groups is 1. The van der Waals surface area contributed by atoms with E-state index in [1.54, 1.807) is 12.4 Å². The van der Waals surface area contributed by atoms with Crippen molar-refractivity contribution < 1.29 is 14.6 Å². The molecule has 0 radical (unpaired) electrons. The third-order valence-corrected chi connectivity index (χ3v) is 3.90. The van der Waals surface area contributed by atoms with Gasteiger partial charge in [-0.2, -0.15) is 0 Å². The van der Waals surface area contributed by atoms with Gasteiger partial charge in [0.2, 0.25) is 0 Å². The van der Waals surface area contributed by atoms with Crippen molar-refractivity contribution in [2.45, 2.75) is 31.5 Å². The first-order valence-corrected chi connectivity index (χ1v) is 7.93. The molecule has 2 heterocycles. The Balaban J connectivity index is 2.09. The highest BCUT2D eigenvalue weighted by molar-refractivity contribution is 7.99. The third-order valence-electron chi connectivity index (χ3n) is 2.94. The van der Waals surface area contributed by atoms with Gasteiger partial charge in [-0.3, -0.25) is 9.78 Å². The van der Waals surface area contributed by atoms with E-state index >= 15 is 0 Å². The topological polar surface area (TPSA) is 77.2 Å². The average molecular weight is 309 g/mol. The average Bonchev–Trinajstić information content (AvgIpc) is 2.83. The fourth-order valence-electron chi connectivity index (χ4n) is 1.92. The number of carbonyl (C=O) groups is 1. The second-order valence-electron chi connectivity index (χ2n) is 4.56. The van der Waals surface area contributed by atoms with Crippen LogP contribution in [0.3, 0.4) is 0 Å². The van der Waals surface area contributed by atoms with E-state index in [2.05, 4.69) is 16.9 Å². The van der Waals surface area contributed by atoms with E-state index in [0.29, 0.717) is 18.3 Å². The van der Waals surface area contributed by atoms with Crippen molar-refractivity contribution in [2.24, 2.45) is 0 Å². The van der Waals surface area contributed by atoms with E-state index in [-0.39, 0.29) is 5.75 Å². The highest BCUT2D eigenvalue weighted by Crippen LogP contribution is 2.23. The smallest absolute Gasteiger partial charge is 0.313 e. The lowest BCUT2D eigenvalue weighted by Crippen LogP contribution is -2.09. The van der Waals surface area contributed by atoms with Crippen LogP contribution < -0.4 is 0 Å². The van der Waals surface area contributed by atoms with Crippen molar-refractivity contribution >= 4 is 28.8 Å². The van der Waals surface area contributed by atoms with Crippen LogP contribution in [0.5, 0.6) is 0 Å². The maximum Gasteiger partial charge on any atom is 0.313 e. The van der Waals surface area contributed by atoms with Gasteiger partial charge in [0, 0.05) is 19.3 Å². The van der Waals surface area contributed by atoms with Crippen LogP contribution in [-0.2, 0) is 16.1 Å². The van der Waals surface area contributed by atoms with Gasteiger partial charge in [-0.1, -0.05) is 25.1 Å². The van der Waals surface area contributed by atoms with Crippen molar-refractivity contribution in [1.29, 1.82) is 0 Å². The number of rotatable bonds is 9. The highest BCUT2D eigenvalue weighted by Gasteiger charge is 2.12. The van der Waals surface area contributed by atoms with E-state index in [1.165, 1.54) is 11.8 Å². The van der Waals surface area contributed by atoms with Crippen molar-refractivity contribution in [3.05, 3.63) is 18.5 Å². The molecule has 0 aliphatic carbocycles. The molecule has 0 atom stereocenters. The number of aromatic nitrogens is 3. The molecular formula is C14H19N3O3S. The Morgan fingerprint density at radius 3 is 3.10 bits per heavy atom. The predicted molar refractivity (Wildman–Crippen MR) is 81.6 cm³/mol. The fraction of sp³-hybridized carbons (Fsp3) is 0.500. The minimum absolute atomic E-state index is 0.00651. The lowest BCUT2D eigenvalue weighted by molar-refractivity contribution is -0.133. The molecule has 2 aromatic rings. The fourth-order valence-corrected chi connectivity index (χ4v) is 2.68. The number of pyridine rings is 1. The molecule has 0 amide bonds. The largest absolute Gasteiger partial charge is 0.481 e. The number of hydrogen-bond acceptors (Lipinski definition) is 5. The van der Waals surface area contributed by atoms with Gasteiger partial charge in [0.15, 0.2) is 5.16 Å². The molecule has 114 valence electrons. The predicted octanol–water partition coefficient (Wildman–Crippen LogP) is 2.42. The maximum absolute atomic E-state index is 10.7. The van der Waals surface area contributed by atoms with Crippen LogP contribution in [0.4, 0.5) is 0 Å². The summed E-state index contributed by atoms with van der Waals surface area (Å²) in [6.07, 6.45) is 5.56. The zero-order chi connectivity index (χ0) is 15.1. The van der Waals surface area contributed by atoms with Gasteiger partial charge in [0.25, 0.3) is 0 Å². The highest BCUT2D eigenvalue weighted by atomic mass is 32.2. The van der Waals surface area contributed by atoms with Crippen LogP contribution >= 0.6 is 11.8 Å². The van der Waals surface area contributed by atoms with E-state index in [1.807, 2.05) is 10.6 Å². The molecule has 21 heavy (non-hydrogen) atoms. The Morgan fingerprint density at radius 2 is 2.33 bits per heavy atom. The molecule has 0 saturated heterocycles. The zero-order valence-corrected chi connectivity index (χ0v) is 12.8. The summed E-state index contributed by atoms with van der Waals surface area (Å²) in [4.78, 5) is 19.2. The number of imidazole rings is 1. The molecule has 2 rings (SSSR count). The van der Waals surface area contributed by atoms with Crippen LogP contribution in [0.2, 0.25) is 0 Å². The summed E-state index contributed by atoms with van der Waals surface area (Å²) >= 11 is 1.22. The van der Waals surface area contributed by atoms with Gasteiger partial charge in [-0.25, -0.2) is 4.98 Å². The number of hydrogen-bond donors (Lipinski definition) is 1. The van der Waals surface area contributed by atoms with Crippen LogP contribution in [0.25, 0.3) is 11.0 Å².